The lowest BCUT2D eigenvalue weighted by Gasteiger charge is -2.24. The SMILES string of the molecule is CCCCN(C(=O)CSc1ncccc1Cl)c1c(N)n(Cc2ccccc2)c(=O)[nH]c1=O. The summed E-state index contributed by atoms with van der Waals surface area (Å²) < 4.78 is 1.26. The van der Waals surface area contributed by atoms with Gasteiger partial charge in [-0.1, -0.05) is 67.0 Å². The number of H-pyrrole nitrogens is 1. The number of carbonyl (C=O) groups excluding carboxylic acids is 1. The number of benzene rings is 1. The van der Waals surface area contributed by atoms with Crippen molar-refractivity contribution in [2.75, 3.05) is 22.9 Å². The average Bonchev–Trinajstić information content (AvgIpc) is 2.78. The van der Waals surface area contributed by atoms with Gasteiger partial charge in [-0.15, -0.1) is 0 Å². The number of hydrogen-bond donors (Lipinski definition) is 2. The molecule has 0 fully saturated rings. The largest absolute Gasteiger partial charge is 0.383 e. The van der Waals surface area contributed by atoms with Crippen LogP contribution in [0, 0.1) is 0 Å². The lowest BCUT2D eigenvalue weighted by Crippen LogP contribution is -2.42. The summed E-state index contributed by atoms with van der Waals surface area (Å²) in [6, 6.07) is 12.7. The molecule has 0 aliphatic carbocycles. The fourth-order valence-corrected chi connectivity index (χ4v) is 4.17. The Labute approximate surface area is 194 Å². The van der Waals surface area contributed by atoms with E-state index in [9.17, 15) is 14.4 Å². The highest BCUT2D eigenvalue weighted by Gasteiger charge is 2.24. The third kappa shape index (κ3) is 5.60. The summed E-state index contributed by atoms with van der Waals surface area (Å²) in [6.45, 7) is 2.45. The standard InChI is InChI=1S/C22H24ClN5O3S/c1-2-3-12-27(17(29)14-32-21-16(23)10-7-11-25-21)18-19(24)28(22(31)26-20(18)30)13-15-8-5-4-6-9-15/h4-11H,2-3,12-14,24H2,1H3,(H,26,30,31). The van der Waals surface area contributed by atoms with Crippen molar-refractivity contribution in [2.45, 2.75) is 31.3 Å². The molecule has 0 aliphatic rings. The number of nitrogens with two attached hydrogens (primary N) is 1. The number of thioether (sulfide) groups is 1. The number of unbranched alkanes of at least 4 members (excludes halogenated alkanes) is 1. The second kappa shape index (κ2) is 11.0. The molecule has 0 aliphatic heterocycles. The maximum absolute atomic E-state index is 13.1. The third-order valence-corrected chi connectivity index (χ3v) is 6.17. The topological polar surface area (TPSA) is 114 Å². The van der Waals surface area contributed by atoms with E-state index < -0.39 is 11.2 Å². The zero-order chi connectivity index (χ0) is 23.1. The molecule has 0 radical (unpaired) electrons. The number of amides is 1. The van der Waals surface area contributed by atoms with Gasteiger partial charge in [0.05, 0.1) is 17.3 Å². The molecule has 3 N–H and O–H groups in total. The molecule has 168 valence electrons. The van der Waals surface area contributed by atoms with Gasteiger partial charge in [0.15, 0.2) is 5.69 Å². The smallest absolute Gasteiger partial charge is 0.330 e. The predicted octanol–water partition coefficient (Wildman–Crippen LogP) is 3.14. The molecule has 1 amide bonds. The number of nitrogens with zero attached hydrogens (tertiary/aromatic N) is 3. The molecule has 0 spiro atoms. The molecular formula is C22H24ClN5O3S. The van der Waals surface area contributed by atoms with Crippen molar-refractivity contribution in [1.29, 1.82) is 0 Å². The lowest BCUT2D eigenvalue weighted by molar-refractivity contribution is -0.116. The molecule has 1 aromatic carbocycles. The highest BCUT2D eigenvalue weighted by atomic mass is 35.5. The van der Waals surface area contributed by atoms with Gasteiger partial charge in [-0.05, 0) is 24.1 Å². The van der Waals surface area contributed by atoms with Gasteiger partial charge in [0, 0.05) is 12.7 Å². The number of rotatable bonds is 9. The number of aromatic nitrogens is 3. The van der Waals surface area contributed by atoms with Gasteiger partial charge >= 0.3 is 5.69 Å². The zero-order valence-corrected chi connectivity index (χ0v) is 19.2. The van der Waals surface area contributed by atoms with Gasteiger partial charge in [-0.3, -0.25) is 19.1 Å². The fraction of sp³-hybridized carbons (Fsp3) is 0.273. The van der Waals surface area contributed by atoms with E-state index >= 15 is 0 Å². The van der Waals surface area contributed by atoms with Gasteiger partial charge in [-0.2, -0.15) is 0 Å². The molecule has 2 aromatic heterocycles. The Kier molecular flexibility index (Phi) is 8.13. The maximum Gasteiger partial charge on any atom is 0.330 e. The van der Waals surface area contributed by atoms with Gasteiger partial charge in [0.25, 0.3) is 5.56 Å². The molecule has 3 aromatic rings. The van der Waals surface area contributed by atoms with Gasteiger partial charge in [0.2, 0.25) is 5.91 Å². The van der Waals surface area contributed by atoms with Crippen LogP contribution in [-0.2, 0) is 11.3 Å². The maximum atomic E-state index is 13.1. The Bertz CT molecular complexity index is 1200. The second-order valence-electron chi connectivity index (χ2n) is 7.04. The number of nitrogen functional groups attached to an aromatic ring is 1. The molecule has 0 saturated carbocycles. The monoisotopic (exact) mass is 473 g/mol. The first-order valence-electron chi connectivity index (χ1n) is 10.1. The minimum atomic E-state index is -0.692. The lowest BCUT2D eigenvalue weighted by atomic mass is 10.2. The van der Waals surface area contributed by atoms with Crippen LogP contribution < -0.4 is 21.9 Å². The number of carbonyl (C=O) groups is 1. The molecular weight excluding hydrogens is 450 g/mol. The van der Waals surface area contributed by atoms with E-state index in [0.717, 1.165) is 12.0 Å². The fourth-order valence-electron chi connectivity index (χ4n) is 3.12. The van der Waals surface area contributed by atoms with Crippen LogP contribution in [0.1, 0.15) is 25.3 Å². The van der Waals surface area contributed by atoms with Gasteiger partial charge in [0.1, 0.15) is 10.8 Å². The number of hydrogen-bond acceptors (Lipinski definition) is 6. The van der Waals surface area contributed by atoms with Crippen molar-refractivity contribution in [3.8, 4) is 0 Å². The van der Waals surface area contributed by atoms with Crippen molar-refractivity contribution in [3.05, 3.63) is 80.1 Å². The van der Waals surface area contributed by atoms with Crippen LogP contribution in [0.2, 0.25) is 5.02 Å². The molecule has 0 atom stereocenters. The van der Waals surface area contributed by atoms with Crippen LogP contribution in [0.25, 0.3) is 0 Å². The molecule has 0 bridgehead atoms. The van der Waals surface area contributed by atoms with Crippen molar-refractivity contribution in [1.82, 2.24) is 14.5 Å². The minimum Gasteiger partial charge on any atom is -0.383 e. The highest BCUT2D eigenvalue weighted by molar-refractivity contribution is 8.00. The Hall–Kier alpha value is -3.04. The number of halogens is 1. The summed E-state index contributed by atoms with van der Waals surface area (Å²) in [6.07, 6.45) is 3.07. The minimum absolute atomic E-state index is 0.0111. The van der Waals surface area contributed by atoms with Crippen LogP contribution in [-0.4, -0.2) is 32.7 Å². The summed E-state index contributed by atoms with van der Waals surface area (Å²) in [5.41, 5.74) is 5.78. The van der Waals surface area contributed by atoms with Gasteiger partial charge in [-0.25, -0.2) is 9.78 Å². The summed E-state index contributed by atoms with van der Waals surface area (Å²) >= 11 is 7.31. The normalized spacial score (nSPS) is 10.8. The number of aromatic amines is 1. The Morgan fingerprint density at radius 2 is 1.97 bits per heavy atom. The predicted molar refractivity (Wildman–Crippen MR) is 129 cm³/mol. The molecule has 3 rings (SSSR count). The number of anilines is 2. The first kappa shape index (κ1) is 23.6. The van der Waals surface area contributed by atoms with E-state index in [1.807, 2.05) is 37.3 Å². The van der Waals surface area contributed by atoms with Crippen molar-refractivity contribution in [2.24, 2.45) is 0 Å². The Balaban J connectivity index is 1.94. The summed E-state index contributed by atoms with van der Waals surface area (Å²) in [7, 11) is 0. The van der Waals surface area contributed by atoms with E-state index in [-0.39, 0.29) is 29.7 Å². The van der Waals surface area contributed by atoms with Crippen LogP contribution >= 0.6 is 23.4 Å². The van der Waals surface area contributed by atoms with E-state index in [1.165, 1.54) is 21.2 Å². The molecule has 2 heterocycles. The number of pyridine rings is 1. The highest BCUT2D eigenvalue weighted by Crippen LogP contribution is 2.26. The van der Waals surface area contributed by atoms with E-state index in [1.54, 1.807) is 18.3 Å². The summed E-state index contributed by atoms with van der Waals surface area (Å²) in [5, 5.41) is 0.966. The summed E-state index contributed by atoms with van der Waals surface area (Å²) in [5.74, 6) is -0.364. The quantitative estimate of drug-likeness (QED) is 0.461. The van der Waals surface area contributed by atoms with Crippen LogP contribution in [0.5, 0.6) is 0 Å². The molecule has 0 saturated heterocycles. The van der Waals surface area contributed by atoms with Gasteiger partial charge < -0.3 is 10.6 Å². The van der Waals surface area contributed by atoms with Crippen LogP contribution in [0.15, 0.2) is 63.3 Å². The van der Waals surface area contributed by atoms with Crippen LogP contribution in [0.3, 0.4) is 0 Å². The zero-order valence-electron chi connectivity index (χ0n) is 17.6. The molecule has 32 heavy (non-hydrogen) atoms. The van der Waals surface area contributed by atoms with Crippen molar-refractivity contribution in [3.63, 3.8) is 0 Å². The molecule has 8 nitrogen and oxygen atoms in total. The first-order valence-corrected chi connectivity index (χ1v) is 11.5. The third-order valence-electron chi connectivity index (χ3n) is 4.76. The Morgan fingerprint density at radius 1 is 1.22 bits per heavy atom. The Morgan fingerprint density at radius 3 is 2.66 bits per heavy atom. The van der Waals surface area contributed by atoms with Crippen molar-refractivity contribution >= 4 is 40.8 Å². The van der Waals surface area contributed by atoms with E-state index in [4.69, 9.17) is 17.3 Å². The molecule has 10 heteroatoms. The second-order valence-corrected chi connectivity index (χ2v) is 8.41. The molecule has 0 unspecified atom stereocenters. The van der Waals surface area contributed by atoms with E-state index in [0.29, 0.717) is 23.0 Å². The average molecular weight is 474 g/mol. The van der Waals surface area contributed by atoms with Crippen LogP contribution in [0.4, 0.5) is 11.5 Å². The van der Waals surface area contributed by atoms with E-state index in [2.05, 4.69) is 9.97 Å². The van der Waals surface area contributed by atoms with Crippen molar-refractivity contribution < 1.29 is 4.79 Å². The first-order chi connectivity index (χ1) is 15.4. The number of nitrogens with one attached hydrogen (secondary N) is 1. The summed E-state index contributed by atoms with van der Waals surface area (Å²) in [4.78, 5) is 46.1.